The van der Waals surface area contributed by atoms with Crippen LogP contribution < -0.4 is 0 Å². The van der Waals surface area contributed by atoms with Gasteiger partial charge in [-0.15, -0.1) is 0 Å². The van der Waals surface area contributed by atoms with Crippen LogP contribution in [0.1, 0.15) is 32.6 Å². The molecule has 4 aliphatic rings. The number of rotatable bonds is 0. The summed E-state index contributed by atoms with van der Waals surface area (Å²) in [5.74, 6) is 4.12. The number of aliphatic hydroxyl groups is 1. The van der Waals surface area contributed by atoms with Crippen molar-refractivity contribution in [3.05, 3.63) is 0 Å². The Labute approximate surface area is 74.2 Å². The predicted molar refractivity (Wildman–Crippen MR) is 47.6 cm³/mol. The van der Waals surface area contributed by atoms with E-state index in [0.29, 0.717) is 11.8 Å². The van der Waals surface area contributed by atoms with Crippen LogP contribution >= 0.6 is 0 Å². The lowest BCUT2D eigenvalue weighted by molar-refractivity contribution is -0.124. The van der Waals surface area contributed by atoms with Crippen molar-refractivity contribution >= 4 is 0 Å². The Balaban J connectivity index is 1.93. The Hall–Kier alpha value is -0.0400. The van der Waals surface area contributed by atoms with Crippen LogP contribution in [0.25, 0.3) is 0 Å². The Morgan fingerprint density at radius 2 is 1.75 bits per heavy atom. The second kappa shape index (κ2) is 2.25. The van der Waals surface area contributed by atoms with Crippen molar-refractivity contribution in [3.63, 3.8) is 0 Å². The third-order valence-corrected chi connectivity index (χ3v) is 4.82. The van der Waals surface area contributed by atoms with E-state index >= 15 is 0 Å². The molecule has 4 bridgehead atoms. The third kappa shape index (κ3) is 0.783. The van der Waals surface area contributed by atoms with Gasteiger partial charge in [-0.05, 0) is 55.3 Å². The van der Waals surface area contributed by atoms with Gasteiger partial charge in [-0.1, -0.05) is 6.92 Å². The molecule has 1 nitrogen and oxygen atoms in total. The lowest BCUT2D eigenvalue weighted by Crippen LogP contribution is -2.52. The van der Waals surface area contributed by atoms with Gasteiger partial charge in [-0.25, -0.2) is 0 Å². The SMILES string of the molecule is C[C@@H]1[C@@H]2C[C@H]3C[C@@H](C2)[C@@H](O)[C@H]1C3. The highest BCUT2D eigenvalue weighted by molar-refractivity contribution is 5.01. The fourth-order valence-electron chi connectivity index (χ4n) is 4.18. The lowest BCUT2D eigenvalue weighted by atomic mass is 9.51. The second-order valence-corrected chi connectivity index (χ2v) is 5.34. The molecule has 0 aromatic rings. The fraction of sp³-hybridized carbons (Fsp3) is 1.00. The third-order valence-electron chi connectivity index (χ3n) is 4.82. The van der Waals surface area contributed by atoms with Crippen molar-refractivity contribution in [1.29, 1.82) is 0 Å². The first-order valence-corrected chi connectivity index (χ1v) is 5.43. The monoisotopic (exact) mass is 166 g/mol. The van der Waals surface area contributed by atoms with E-state index in [1.165, 1.54) is 25.7 Å². The Morgan fingerprint density at radius 3 is 2.58 bits per heavy atom. The van der Waals surface area contributed by atoms with Crippen LogP contribution in [-0.2, 0) is 0 Å². The van der Waals surface area contributed by atoms with Gasteiger partial charge >= 0.3 is 0 Å². The summed E-state index contributed by atoms with van der Waals surface area (Å²) >= 11 is 0. The van der Waals surface area contributed by atoms with Gasteiger partial charge in [0.1, 0.15) is 0 Å². The summed E-state index contributed by atoms with van der Waals surface area (Å²) in [6, 6.07) is 0. The van der Waals surface area contributed by atoms with Gasteiger partial charge in [0.2, 0.25) is 0 Å². The fourth-order valence-corrected chi connectivity index (χ4v) is 4.18. The molecule has 0 amide bonds. The number of aliphatic hydroxyl groups excluding tert-OH is 1. The maximum absolute atomic E-state index is 10.00. The molecule has 0 aromatic carbocycles. The first kappa shape index (κ1) is 7.37. The van der Waals surface area contributed by atoms with Gasteiger partial charge in [-0.2, -0.15) is 0 Å². The maximum atomic E-state index is 10.00. The molecule has 4 fully saturated rings. The van der Waals surface area contributed by atoms with E-state index in [4.69, 9.17) is 0 Å². The predicted octanol–water partition coefficient (Wildman–Crippen LogP) is 2.05. The average Bonchev–Trinajstić information content (AvgIpc) is 2.07. The highest BCUT2D eigenvalue weighted by atomic mass is 16.3. The molecule has 0 spiro atoms. The zero-order valence-corrected chi connectivity index (χ0v) is 7.74. The van der Waals surface area contributed by atoms with Crippen LogP contribution in [0.2, 0.25) is 0 Å². The summed E-state index contributed by atoms with van der Waals surface area (Å²) in [5.41, 5.74) is 0. The van der Waals surface area contributed by atoms with Crippen LogP contribution in [0, 0.1) is 29.6 Å². The van der Waals surface area contributed by atoms with Crippen LogP contribution in [0.15, 0.2) is 0 Å². The molecule has 0 saturated heterocycles. The zero-order chi connectivity index (χ0) is 8.29. The summed E-state index contributed by atoms with van der Waals surface area (Å²) in [6.45, 7) is 2.36. The topological polar surface area (TPSA) is 20.2 Å². The van der Waals surface area contributed by atoms with Crippen LogP contribution in [0.3, 0.4) is 0 Å². The highest BCUT2D eigenvalue weighted by Crippen LogP contribution is 2.56. The summed E-state index contributed by atoms with van der Waals surface area (Å²) < 4.78 is 0. The van der Waals surface area contributed by atoms with Gasteiger partial charge in [0.15, 0.2) is 0 Å². The van der Waals surface area contributed by atoms with Crippen molar-refractivity contribution in [2.75, 3.05) is 0 Å². The van der Waals surface area contributed by atoms with Gasteiger partial charge in [0.25, 0.3) is 0 Å². The molecule has 0 aromatic heterocycles. The second-order valence-electron chi connectivity index (χ2n) is 5.34. The van der Waals surface area contributed by atoms with E-state index in [2.05, 4.69) is 6.92 Å². The minimum absolute atomic E-state index is 0.0628. The quantitative estimate of drug-likeness (QED) is 0.584. The molecular formula is C11H18O. The van der Waals surface area contributed by atoms with Gasteiger partial charge in [-0.3, -0.25) is 0 Å². The van der Waals surface area contributed by atoms with Crippen LogP contribution in [0.4, 0.5) is 0 Å². The normalized spacial score (nSPS) is 62.5. The Bertz CT molecular complexity index is 183. The number of hydrogen-bond acceptors (Lipinski definition) is 1. The molecule has 68 valence electrons. The Morgan fingerprint density at radius 1 is 1.00 bits per heavy atom. The molecule has 4 saturated carbocycles. The van der Waals surface area contributed by atoms with Crippen molar-refractivity contribution in [2.24, 2.45) is 29.6 Å². The smallest absolute Gasteiger partial charge is 0.0599 e. The van der Waals surface area contributed by atoms with Crippen molar-refractivity contribution in [2.45, 2.75) is 38.7 Å². The largest absolute Gasteiger partial charge is 0.393 e. The van der Waals surface area contributed by atoms with Gasteiger partial charge in [0.05, 0.1) is 6.10 Å². The number of hydrogen-bond donors (Lipinski definition) is 1. The average molecular weight is 166 g/mol. The minimum atomic E-state index is 0.0628. The molecule has 12 heavy (non-hydrogen) atoms. The molecular weight excluding hydrogens is 148 g/mol. The molecule has 0 heterocycles. The van der Waals surface area contributed by atoms with E-state index < -0.39 is 0 Å². The standard InChI is InChI=1S/C11H18O/c1-6-8-2-7-3-9(5-8)11(12)10(6)4-7/h6-12H,2-5H2,1H3/t6-,7+,8-,9+,10+,11-/m1/s1. The first-order chi connectivity index (χ1) is 5.75. The molecule has 0 unspecified atom stereocenters. The summed E-state index contributed by atoms with van der Waals surface area (Å²) in [6.07, 6.45) is 5.53. The van der Waals surface area contributed by atoms with Crippen LogP contribution in [0.5, 0.6) is 0 Å². The van der Waals surface area contributed by atoms with Gasteiger partial charge in [0, 0.05) is 0 Å². The van der Waals surface area contributed by atoms with E-state index in [9.17, 15) is 5.11 Å². The van der Waals surface area contributed by atoms with E-state index in [0.717, 1.165) is 17.8 Å². The minimum Gasteiger partial charge on any atom is -0.393 e. The van der Waals surface area contributed by atoms with E-state index in [1.807, 2.05) is 0 Å². The Kier molecular flexibility index (Phi) is 1.39. The van der Waals surface area contributed by atoms with E-state index in [-0.39, 0.29) is 6.10 Å². The van der Waals surface area contributed by atoms with Crippen molar-refractivity contribution < 1.29 is 5.11 Å². The molecule has 0 aliphatic heterocycles. The molecule has 4 rings (SSSR count). The van der Waals surface area contributed by atoms with E-state index in [1.54, 1.807) is 0 Å². The maximum Gasteiger partial charge on any atom is 0.0599 e. The molecule has 1 N–H and O–H groups in total. The van der Waals surface area contributed by atoms with Crippen LogP contribution in [-0.4, -0.2) is 11.2 Å². The molecule has 0 radical (unpaired) electrons. The van der Waals surface area contributed by atoms with Gasteiger partial charge < -0.3 is 5.11 Å². The summed E-state index contributed by atoms with van der Waals surface area (Å²) in [5, 5.41) is 10.00. The highest BCUT2D eigenvalue weighted by Gasteiger charge is 2.51. The first-order valence-electron chi connectivity index (χ1n) is 5.43. The summed E-state index contributed by atoms with van der Waals surface area (Å²) in [7, 11) is 0. The lowest BCUT2D eigenvalue weighted by Gasteiger charge is -2.56. The summed E-state index contributed by atoms with van der Waals surface area (Å²) in [4.78, 5) is 0. The van der Waals surface area contributed by atoms with Crippen molar-refractivity contribution in [3.8, 4) is 0 Å². The molecule has 4 aliphatic carbocycles. The zero-order valence-electron chi connectivity index (χ0n) is 7.74. The molecule has 1 heteroatoms. The molecule has 6 atom stereocenters. The van der Waals surface area contributed by atoms with Crippen molar-refractivity contribution in [1.82, 2.24) is 0 Å².